The average Bonchev–Trinajstić information content (AvgIpc) is 3.18. The third-order valence-electron chi connectivity index (χ3n) is 3.38. The Bertz CT molecular complexity index is 540. The summed E-state index contributed by atoms with van der Waals surface area (Å²) in [6.45, 7) is 1.86. The molecule has 1 aliphatic rings. The van der Waals surface area contributed by atoms with Crippen LogP contribution in [0.1, 0.15) is 18.4 Å². The second kappa shape index (κ2) is 5.71. The van der Waals surface area contributed by atoms with Crippen molar-refractivity contribution in [1.29, 1.82) is 0 Å². The Kier molecular flexibility index (Phi) is 4.18. The summed E-state index contributed by atoms with van der Waals surface area (Å²) in [7, 11) is 0. The monoisotopic (exact) mass is 297 g/mol. The summed E-state index contributed by atoms with van der Waals surface area (Å²) in [5, 5.41) is 12.0. The third-order valence-corrected chi connectivity index (χ3v) is 3.69. The van der Waals surface area contributed by atoms with Crippen molar-refractivity contribution in [1.82, 2.24) is 5.32 Å². The lowest BCUT2D eigenvalue weighted by molar-refractivity contribution is -0.143. The normalized spacial score (nSPS) is 15.5. The van der Waals surface area contributed by atoms with Crippen molar-refractivity contribution in [3.63, 3.8) is 0 Å². The van der Waals surface area contributed by atoms with E-state index < -0.39 is 11.4 Å². The zero-order valence-corrected chi connectivity index (χ0v) is 11.9. The Morgan fingerprint density at radius 1 is 1.45 bits per heavy atom. The minimum Gasteiger partial charge on any atom is -0.482 e. The molecule has 0 spiro atoms. The molecule has 0 aliphatic heterocycles. The number of carboxylic acids is 1. The summed E-state index contributed by atoms with van der Waals surface area (Å²) in [6.07, 6.45) is 1.21. The number of benzene rings is 1. The first-order valence-corrected chi connectivity index (χ1v) is 6.70. The minimum absolute atomic E-state index is 0.145. The van der Waals surface area contributed by atoms with Gasteiger partial charge in [-0.1, -0.05) is 17.7 Å². The molecule has 1 amide bonds. The Morgan fingerprint density at radius 2 is 2.15 bits per heavy atom. The van der Waals surface area contributed by atoms with Crippen molar-refractivity contribution in [3.8, 4) is 5.75 Å². The van der Waals surface area contributed by atoms with E-state index in [-0.39, 0.29) is 19.1 Å². The number of carbonyl (C=O) groups excluding carboxylic acids is 1. The van der Waals surface area contributed by atoms with E-state index in [1.165, 1.54) is 0 Å². The van der Waals surface area contributed by atoms with E-state index in [0.29, 0.717) is 23.6 Å². The van der Waals surface area contributed by atoms with Crippen LogP contribution >= 0.6 is 11.6 Å². The van der Waals surface area contributed by atoms with Crippen LogP contribution in [0.2, 0.25) is 5.02 Å². The lowest BCUT2D eigenvalue weighted by Crippen LogP contribution is -2.36. The molecule has 6 heteroatoms. The summed E-state index contributed by atoms with van der Waals surface area (Å²) in [4.78, 5) is 22.6. The van der Waals surface area contributed by atoms with Gasteiger partial charge in [0, 0.05) is 6.54 Å². The maximum Gasteiger partial charge on any atom is 0.311 e. The Hall–Kier alpha value is -1.75. The number of aryl methyl sites for hydroxylation is 1. The van der Waals surface area contributed by atoms with Gasteiger partial charge in [-0.05, 0) is 37.5 Å². The number of carboxylic acid groups (broad SMARTS) is 1. The molecule has 2 N–H and O–H groups in total. The van der Waals surface area contributed by atoms with E-state index in [0.717, 1.165) is 5.56 Å². The standard InChI is InChI=1S/C14H16ClNO4/c1-9-2-3-10(15)11(6-9)20-7-12(17)16-8-14(4-5-14)13(18)19/h2-3,6H,4-5,7-8H2,1H3,(H,16,17)(H,18,19). The molecule has 0 unspecified atom stereocenters. The second-order valence-electron chi connectivity index (χ2n) is 5.08. The molecule has 1 aliphatic carbocycles. The fourth-order valence-electron chi connectivity index (χ4n) is 1.80. The molecular weight excluding hydrogens is 282 g/mol. The molecule has 1 aromatic rings. The van der Waals surface area contributed by atoms with Crippen LogP contribution in [0.25, 0.3) is 0 Å². The van der Waals surface area contributed by atoms with Gasteiger partial charge in [-0.2, -0.15) is 0 Å². The van der Waals surface area contributed by atoms with Gasteiger partial charge in [-0.25, -0.2) is 0 Å². The van der Waals surface area contributed by atoms with Gasteiger partial charge in [0.2, 0.25) is 0 Å². The van der Waals surface area contributed by atoms with Gasteiger partial charge in [0.05, 0.1) is 10.4 Å². The van der Waals surface area contributed by atoms with E-state index in [2.05, 4.69) is 5.32 Å². The predicted molar refractivity (Wildman–Crippen MR) is 74.0 cm³/mol. The summed E-state index contributed by atoms with van der Waals surface area (Å²) >= 11 is 5.95. The second-order valence-corrected chi connectivity index (χ2v) is 5.49. The van der Waals surface area contributed by atoms with Gasteiger partial charge in [0.15, 0.2) is 6.61 Å². The molecule has 1 saturated carbocycles. The number of aliphatic carboxylic acids is 1. The highest BCUT2D eigenvalue weighted by Gasteiger charge is 2.50. The van der Waals surface area contributed by atoms with Gasteiger partial charge in [-0.15, -0.1) is 0 Å². The maximum absolute atomic E-state index is 11.6. The fourth-order valence-corrected chi connectivity index (χ4v) is 1.97. The summed E-state index contributed by atoms with van der Waals surface area (Å²) in [5.41, 5.74) is 0.212. The number of hydrogen-bond donors (Lipinski definition) is 2. The van der Waals surface area contributed by atoms with Crippen molar-refractivity contribution >= 4 is 23.5 Å². The Balaban J connectivity index is 1.81. The van der Waals surface area contributed by atoms with Gasteiger partial charge >= 0.3 is 5.97 Å². The van der Waals surface area contributed by atoms with Crippen molar-refractivity contribution in [2.45, 2.75) is 19.8 Å². The van der Waals surface area contributed by atoms with Gasteiger partial charge in [0.25, 0.3) is 5.91 Å². The van der Waals surface area contributed by atoms with E-state index in [1.807, 2.05) is 13.0 Å². The molecular formula is C14H16ClNO4. The van der Waals surface area contributed by atoms with E-state index in [9.17, 15) is 9.59 Å². The van der Waals surface area contributed by atoms with Gasteiger partial charge in [0.1, 0.15) is 5.75 Å². The average molecular weight is 298 g/mol. The predicted octanol–water partition coefficient (Wildman–Crippen LogP) is 2.01. The van der Waals surface area contributed by atoms with Crippen molar-refractivity contribution in [2.24, 2.45) is 5.41 Å². The largest absolute Gasteiger partial charge is 0.482 e. The Morgan fingerprint density at radius 3 is 2.75 bits per heavy atom. The van der Waals surface area contributed by atoms with Crippen LogP contribution in [-0.2, 0) is 9.59 Å². The minimum atomic E-state index is -0.861. The van der Waals surface area contributed by atoms with E-state index in [4.69, 9.17) is 21.4 Å². The highest BCUT2D eigenvalue weighted by molar-refractivity contribution is 6.32. The first-order chi connectivity index (χ1) is 9.43. The number of nitrogens with one attached hydrogen (secondary N) is 1. The van der Waals surface area contributed by atoms with Crippen LogP contribution in [0.4, 0.5) is 0 Å². The lowest BCUT2D eigenvalue weighted by Gasteiger charge is -2.12. The molecule has 0 atom stereocenters. The summed E-state index contributed by atoms with van der Waals surface area (Å²) < 4.78 is 5.33. The number of ether oxygens (including phenoxy) is 1. The first-order valence-electron chi connectivity index (χ1n) is 6.32. The zero-order valence-electron chi connectivity index (χ0n) is 11.1. The van der Waals surface area contributed by atoms with Crippen LogP contribution in [0.5, 0.6) is 5.75 Å². The molecule has 0 heterocycles. The molecule has 2 rings (SSSR count). The summed E-state index contributed by atoms with van der Waals surface area (Å²) in [5.74, 6) is -0.767. The van der Waals surface area contributed by atoms with E-state index >= 15 is 0 Å². The van der Waals surface area contributed by atoms with Crippen LogP contribution < -0.4 is 10.1 Å². The molecule has 108 valence electrons. The van der Waals surface area contributed by atoms with Gasteiger partial charge in [-0.3, -0.25) is 9.59 Å². The Labute approximate surface area is 121 Å². The number of halogens is 1. The van der Waals surface area contributed by atoms with Gasteiger partial charge < -0.3 is 15.2 Å². The van der Waals surface area contributed by atoms with Crippen LogP contribution in [0.15, 0.2) is 18.2 Å². The lowest BCUT2D eigenvalue weighted by atomic mass is 10.1. The van der Waals surface area contributed by atoms with Crippen molar-refractivity contribution in [3.05, 3.63) is 28.8 Å². The molecule has 0 saturated heterocycles. The first kappa shape index (κ1) is 14.7. The fraction of sp³-hybridized carbons (Fsp3) is 0.429. The molecule has 0 bridgehead atoms. The molecule has 1 aromatic carbocycles. The molecule has 0 radical (unpaired) electrons. The van der Waals surface area contributed by atoms with Crippen LogP contribution in [0, 0.1) is 12.3 Å². The highest BCUT2D eigenvalue weighted by Crippen LogP contribution is 2.45. The molecule has 0 aromatic heterocycles. The number of rotatable bonds is 6. The van der Waals surface area contributed by atoms with Crippen molar-refractivity contribution in [2.75, 3.05) is 13.2 Å². The zero-order chi connectivity index (χ0) is 14.8. The maximum atomic E-state index is 11.6. The van der Waals surface area contributed by atoms with Crippen molar-refractivity contribution < 1.29 is 19.4 Å². The molecule has 1 fully saturated rings. The number of hydrogen-bond acceptors (Lipinski definition) is 3. The van der Waals surface area contributed by atoms with Crippen LogP contribution in [-0.4, -0.2) is 30.1 Å². The molecule has 5 nitrogen and oxygen atoms in total. The molecule has 20 heavy (non-hydrogen) atoms. The quantitative estimate of drug-likeness (QED) is 0.842. The smallest absolute Gasteiger partial charge is 0.311 e. The van der Waals surface area contributed by atoms with Crippen LogP contribution in [0.3, 0.4) is 0 Å². The number of carbonyl (C=O) groups is 2. The highest BCUT2D eigenvalue weighted by atomic mass is 35.5. The number of amides is 1. The summed E-state index contributed by atoms with van der Waals surface area (Å²) in [6, 6.07) is 5.29. The van der Waals surface area contributed by atoms with E-state index in [1.54, 1.807) is 12.1 Å². The SMILES string of the molecule is Cc1ccc(Cl)c(OCC(=O)NCC2(C(=O)O)CC2)c1. The third kappa shape index (κ3) is 3.42. The topological polar surface area (TPSA) is 75.6 Å².